The molecule has 1 atom stereocenters. The average molecular weight is 294 g/mol. The number of rotatable bonds is 6. The Morgan fingerprint density at radius 1 is 1.19 bits per heavy atom. The van der Waals surface area contributed by atoms with E-state index in [4.69, 9.17) is 9.47 Å². The molecule has 1 aromatic rings. The highest BCUT2D eigenvalue weighted by Crippen LogP contribution is 2.32. The van der Waals surface area contributed by atoms with Crippen LogP contribution in [0.5, 0.6) is 11.5 Å². The molecule has 1 amide bonds. The second kappa shape index (κ2) is 7.88. The Bertz CT molecular complexity index is 471. The highest BCUT2D eigenvalue weighted by molar-refractivity contribution is 5.71. The second-order valence-electron chi connectivity index (χ2n) is 5.07. The van der Waals surface area contributed by atoms with Crippen molar-refractivity contribution < 1.29 is 14.3 Å². The number of ether oxygens (including phenoxy) is 2. The van der Waals surface area contributed by atoms with E-state index in [0.29, 0.717) is 11.5 Å². The van der Waals surface area contributed by atoms with Crippen LogP contribution in [0.4, 0.5) is 4.79 Å². The summed E-state index contributed by atoms with van der Waals surface area (Å²) in [7, 11) is 4.87. The van der Waals surface area contributed by atoms with Crippen molar-refractivity contribution in [2.24, 2.45) is 0 Å². The smallest absolute Gasteiger partial charge is 0.414 e. The minimum absolute atomic E-state index is 0.253. The van der Waals surface area contributed by atoms with Crippen molar-refractivity contribution in [1.82, 2.24) is 9.80 Å². The minimum Gasteiger partial charge on any atom is -0.493 e. The number of hydrogen-bond acceptors (Lipinski definition) is 4. The molecule has 21 heavy (non-hydrogen) atoms. The fourth-order valence-electron chi connectivity index (χ4n) is 2.20. The summed E-state index contributed by atoms with van der Waals surface area (Å²) >= 11 is 0. The van der Waals surface area contributed by atoms with Crippen molar-refractivity contribution >= 4 is 6.09 Å². The van der Waals surface area contributed by atoms with Crippen molar-refractivity contribution in [3.63, 3.8) is 0 Å². The molecule has 118 valence electrons. The van der Waals surface area contributed by atoms with Gasteiger partial charge in [-0.05, 0) is 37.7 Å². The molecule has 0 saturated carbocycles. The molecule has 1 aromatic carbocycles. The summed E-state index contributed by atoms with van der Waals surface area (Å²) in [5.41, 5.74) is 1.10. The molecule has 0 bridgehead atoms. The first-order valence-corrected chi connectivity index (χ1v) is 7.25. The van der Waals surface area contributed by atoms with Gasteiger partial charge >= 0.3 is 6.09 Å². The molecule has 0 aliphatic rings. The Kier molecular flexibility index (Phi) is 6.49. The molecular weight excluding hydrogens is 268 g/mol. The zero-order valence-corrected chi connectivity index (χ0v) is 13.8. The van der Waals surface area contributed by atoms with Crippen LogP contribution in [-0.2, 0) is 0 Å². The molecule has 0 fully saturated rings. The Balaban J connectivity index is 3.06. The van der Waals surface area contributed by atoms with Gasteiger partial charge < -0.3 is 14.4 Å². The second-order valence-corrected chi connectivity index (χ2v) is 5.07. The summed E-state index contributed by atoms with van der Waals surface area (Å²) in [5, 5.41) is 0. The van der Waals surface area contributed by atoms with Crippen LogP contribution in [0.3, 0.4) is 0 Å². The van der Waals surface area contributed by atoms with E-state index in [9.17, 15) is 4.79 Å². The molecule has 1 rings (SSSR count). The number of hydrogen-bond donors (Lipinski definition) is 0. The molecule has 1 unspecified atom stereocenters. The zero-order chi connectivity index (χ0) is 16.0. The lowest BCUT2D eigenvalue weighted by atomic mass is 10.1. The van der Waals surface area contributed by atoms with E-state index in [1.807, 2.05) is 18.2 Å². The third-order valence-corrected chi connectivity index (χ3v) is 3.59. The van der Waals surface area contributed by atoms with E-state index in [2.05, 4.69) is 25.7 Å². The van der Waals surface area contributed by atoms with Gasteiger partial charge in [0.25, 0.3) is 0 Å². The first-order valence-electron chi connectivity index (χ1n) is 7.25. The van der Waals surface area contributed by atoms with Crippen molar-refractivity contribution in [2.75, 3.05) is 34.3 Å². The molecule has 5 nitrogen and oxygen atoms in total. The maximum atomic E-state index is 11.7. The van der Waals surface area contributed by atoms with Gasteiger partial charge in [-0.3, -0.25) is 4.90 Å². The Morgan fingerprint density at radius 2 is 1.81 bits per heavy atom. The zero-order valence-electron chi connectivity index (χ0n) is 13.8. The number of nitrogens with zero attached hydrogens (tertiary/aromatic N) is 2. The van der Waals surface area contributed by atoms with Crippen LogP contribution < -0.4 is 9.47 Å². The van der Waals surface area contributed by atoms with Gasteiger partial charge in [0.1, 0.15) is 0 Å². The summed E-state index contributed by atoms with van der Waals surface area (Å²) in [6.07, 6.45) is -0.416. The SMILES string of the molecule is CCN(CC)C(C)c1ccc(OC)c(OC(=O)N(C)C)c1. The number of carbonyl (C=O) groups is 1. The quantitative estimate of drug-likeness (QED) is 0.808. The van der Waals surface area contributed by atoms with E-state index < -0.39 is 6.09 Å². The molecule has 0 radical (unpaired) electrons. The molecule has 5 heteroatoms. The van der Waals surface area contributed by atoms with Crippen LogP contribution in [0.1, 0.15) is 32.4 Å². The van der Waals surface area contributed by atoms with Gasteiger partial charge in [0.15, 0.2) is 11.5 Å². The van der Waals surface area contributed by atoms with E-state index >= 15 is 0 Å². The molecule has 0 aliphatic carbocycles. The highest BCUT2D eigenvalue weighted by atomic mass is 16.6. The summed E-state index contributed by atoms with van der Waals surface area (Å²) in [6, 6.07) is 5.98. The molecule has 0 N–H and O–H groups in total. The van der Waals surface area contributed by atoms with Crippen molar-refractivity contribution in [2.45, 2.75) is 26.8 Å². The molecule has 0 aromatic heterocycles. The first-order chi connectivity index (χ1) is 9.94. The minimum atomic E-state index is -0.416. The lowest BCUT2D eigenvalue weighted by Gasteiger charge is -2.27. The van der Waals surface area contributed by atoms with E-state index in [1.165, 1.54) is 4.90 Å². The average Bonchev–Trinajstić information content (AvgIpc) is 2.48. The van der Waals surface area contributed by atoms with Crippen LogP contribution in [0, 0.1) is 0 Å². The maximum absolute atomic E-state index is 11.7. The van der Waals surface area contributed by atoms with Crippen molar-refractivity contribution in [1.29, 1.82) is 0 Å². The van der Waals surface area contributed by atoms with Gasteiger partial charge in [0, 0.05) is 20.1 Å². The largest absolute Gasteiger partial charge is 0.493 e. The monoisotopic (exact) mass is 294 g/mol. The van der Waals surface area contributed by atoms with E-state index in [1.54, 1.807) is 21.2 Å². The van der Waals surface area contributed by atoms with Crippen molar-refractivity contribution in [3.8, 4) is 11.5 Å². The lowest BCUT2D eigenvalue weighted by Crippen LogP contribution is -2.27. The third kappa shape index (κ3) is 4.36. The van der Waals surface area contributed by atoms with Gasteiger partial charge in [-0.25, -0.2) is 4.79 Å². The van der Waals surface area contributed by atoms with Crippen LogP contribution in [0.25, 0.3) is 0 Å². The molecule has 0 heterocycles. The van der Waals surface area contributed by atoms with Gasteiger partial charge in [0.05, 0.1) is 7.11 Å². The fourth-order valence-corrected chi connectivity index (χ4v) is 2.20. The standard InChI is InChI=1S/C16H26N2O3/c1-7-18(8-2)12(3)13-9-10-14(20-6)15(11-13)21-16(19)17(4)5/h9-12H,7-8H2,1-6H3. The number of amides is 1. The topological polar surface area (TPSA) is 42.0 Å². The maximum Gasteiger partial charge on any atom is 0.414 e. The van der Waals surface area contributed by atoms with Crippen LogP contribution >= 0.6 is 0 Å². The number of carbonyl (C=O) groups excluding carboxylic acids is 1. The third-order valence-electron chi connectivity index (χ3n) is 3.59. The lowest BCUT2D eigenvalue weighted by molar-refractivity contribution is 0.169. The van der Waals surface area contributed by atoms with Gasteiger partial charge in [0.2, 0.25) is 0 Å². The molecule has 0 saturated heterocycles. The van der Waals surface area contributed by atoms with E-state index in [-0.39, 0.29) is 6.04 Å². The molecular formula is C16H26N2O3. The van der Waals surface area contributed by atoms with Crippen molar-refractivity contribution in [3.05, 3.63) is 23.8 Å². The van der Waals surface area contributed by atoms with Gasteiger partial charge in [-0.2, -0.15) is 0 Å². The Labute approximate surface area is 127 Å². The van der Waals surface area contributed by atoms with Crippen LogP contribution in [0.15, 0.2) is 18.2 Å². The van der Waals surface area contributed by atoms with E-state index in [0.717, 1.165) is 18.7 Å². The fraction of sp³-hybridized carbons (Fsp3) is 0.562. The molecule has 0 aliphatic heterocycles. The summed E-state index contributed by atoms with van der Waals surface area (Å²) in [5.74, 6) is 1.01. The predicted octanol–water partition coefficient (Wildman–Crippen LogP) is 3.16. The summed E-state index contributed by atoms with van der Waals surface area (Å²) in [4.78, 5) is 15.5. The van der Waals surface area contributed by atoms with Gasteiger partial charge in [-0.15, -0.1) is 0 Å². The summed E-state index contributed by atoms with van der Waals surface area (Å²) in [6.45, 7) is 8.35. The number of methoxy groups -OCH3 is 1. The predicted molar refractivity (Wildman–Crippen MR) is 84.0 cm³/mol. The normalized spacial score (nSPS) is 12.1. The first kappa shape index (κ1) is 17.3. The van der Waals surface area contributed by atoms with Gasteiger partial charge in [-0.1, -0.05) is 19.9 Å². The Morgan fingerprint density at radius 3 is 2.29 bits per heavy atom. The number of benzene rings is 1. The highest BCUT2D eigenvalue weighted by Gasteiger charge is 2.17. The summed E-state index contributed by atoms with van der Waals surface area (Å²) < 4.78 is 10.6. The Hall–Kier alpha value is -1.75. The van der Waals surface area contributed by atoms with Crippen LogP contribution in [-0.4, -0.2) is 50.2 Å². The van der Waals surface area contributed by atoms with Crippen LogP contribution in [0.2, 0.25) is 0 Å². The molecule has 0 spiro atoms.